The molecule has 1 N–H and O–H groups in total. The Kier molecular flexibility index (Phi) is 5.17. The first-order chi connectivity index (χ1) is 11.9. The fourth-order valence-corrected chi connectivity index (χ4v) is 3.75. The molecule has 0 aliphatic rings. The lowest BCUT2D eigenvalue weighted by Crippen LogP contribution is -2.24. The van der Waals surface area contributed by atoms with E-state index in [1.165, 1.54) is 0 Å². The first kappa shape index (κ1) is 17.6. The van der Waals surface area contributed by atoms with Crippen LogP contribution in [0.3, 0.4) is 0 Å². The van der Waals surface area contributed by atoms with Crippen LogP contribution in [0.4, 0.5) is 0 Å². The summed E-state index contributed by atoms with van der Waals surface area (Å²) in [7, 11) is -1.65. The zero-order chi connectivity index (χ0) is 17.9. The highest BCUT2D eigenvalue weighted by Crippen LogP contribution is 2.18. The predicted molar refractivity (Wildman–Crippen MR) is 97.4 cm³/mol. The van der Waals surface area contributed by atoms with Crippen LogP contribution in [0.25, 0.3) is 11.3 Å². The van der Waals surface area contributed by atoms with E-state index in [-0.39, 0.29) is 12.3 Å². The molecule has 0 radical (unpaired) electrons. The van der Waals surface area contributed by atoms with Crippen LogP contribution in [0.15, 0.2) is 55.0 Å². The Morgan fingerprint density at radius 3 is 2.60 bits per heavy atom. The van der Waals surface area contributed by atoms with Crippen LogP contribution in [-0.2, 0) is 29.4 Å². The van der Waals surface area contributed by atoms with Gasteiger partial charge >= 0.3 is 0 Å². The van der Waals surface area contributed by atoms with Crippen molar-refractivity contribution >= 4 is 21.6 Å². The van der Waals surface area contributed by atoms with Gasteiger partial charge in [0.15, 0.2) is 0 Å². The molecule has 0 amide bonds. The van der Waals surface area contributed by atoms with Gasteiger partial charge in [0.25, 0.3) is 0 Å². The van der Waals surface area contributed by atoms with E-state index in [1.807, 2.05) is 25.4 Å². The second-order valence-corrected chi connectivity index (χ2v) is 7.84. The van der Waals surface area contributed by atoms with E-state index >= 15 is 0 Å². The molecule has 25 heavy (non-hydrogen) atoms. The second-order valence-electron chi connectivity index (χ2n) is 5.63. The molecule has 0 unspecified atom stereocenters. The van der Waals surface area contributed by atoms with Gasteiger partial charge in [-0.1, -0.05) is 35.9 Å². The van der Waals surface area contributed by atoms with Gasteiger partial charge in [-0.2, -0.15) is 5.10 Å². The summed E-state index contributed by atoms with van der Waals surface area (Å²) in [5.41, 5.74) is 3.04. The number of hydrogen-bond donors (Lipinski definition) is 1. The van der Waals surface area contributed by atoms with E-state index < -0.39 is 10.0 Å². The smallest absolute Gasteiger partial charge is 0.216 e. The number of nitrogens with one attached hydrogen (secondary N) is 1. The number of aryl methyl sites for hydroxylation is 1. The number of rotatable bonds is 6. The Hall–Kier alpha value is -2.22. The van der Waals surface area contributed by atoms with Gasteiger partial charge in [-0.3, -0.25) is 9.67 Å². The number of aromatic nitrogens is 3. The zero-order valence-electron chi connectivity index (χ0n) is 13.6. The van der Waals surface area contributed by atoms with Crippen molar-refractivity contribution in [3.63, 3.8) is 0 Å². The molecule has 0 aliphatic heterocycles. The largest absolute Gasteiger partial charge is 0.275 e. The van der Waals surface area contributed by atoms with Crippen LogP contribution in [0.1, 0.15) is 11.1 Å². The highest BCUT2D eigenvalue weighted by molar-refractivity contribution is 7.88. The minimum Gasteiger partial charge on any atom is -0.275 e. The van der Waals surface area contributed by atoms with Crippen molar-refractivity contribution in [2.24, 2.45) is 7.05 Å². The SMILES string of the molecule is Cn1cc(-c2ccc(CNS(=O)(=O)Cc3ccccc3Cl)cn2)cn1. The van der Waals surface area contributed by atoms with Gasteiger partial charge < -0.3 is 0 Å². The summed E-state index contributed by atoms with van der Waals surface area (Å²) in [5, 5.41) is 4.55. The molecule has 0 fully saturated rings. The van der Waals surface area contributed by atoms with Crippen LogP contribution in [0, 0.1) is 0 Å². The van der Waals surface area contributed by atoms with Crippen LogP contribution in [0.2, 0.25) is 5.02 Å². The highest BCUT2D eigenvalue weighted by atomic mass is 35.5. The Morgan fingerprint density at radius 2 is 1.96 bits per heavy atom. The van der Waals surface area contributed by atoms with E-state index in [4.69, 9.17) is 11.6 Å². The Balaban J connectivity index is 1.64. The molecule has 0 atom stereocenters. The van der Waals surface area contributed by atoms with E-state index in [1.54, 1.807) is 41.3 Å². The summed E-state index contributed by atoms with van der Waals surface area (Å²) in [4.78, 5) is 4.35. The molecule has 0 saturated heterocycles. The van der Waals surface area contributed by atoms with Gasteiger partial charge in [0, 0.05) is 36.6 Å². The Labute approximate surface area is 151 Å². The molecule has 2 heterocycles. The van der Waals surface area contributed by atoms with E-state index in [9.17, 15) is 8.42 Å². The number of hydrogen-bond acceptors (Lipinski definition) is 4. The van der Waals surface area contributed by atoms with E-state index in [2.05, 4.69) is 14.8 Å². The molecule has 0 saturated carbocycles. The third-order valence-electron chi connectivity index (χ3n) is 3.62. The molecule has 0 bridgehead atoms. The van der Waals surface area contributed by atoms with E-state index in [0.717, 1.165) is 16.8 Å². The fourth-order valence-electron chi connectivity index (χ4n) is 2.32. The molecular weight excluding hydrogens is 360 g/mol. The molecule has 3 aromatic rings. The quantitative estimate of drug-likeness (QED) is 0.717. The average Bonchev–Trinajstić information content (AvgIpc) is 3.02. The van der Waals surface area contributed by atoms with Crippen molar-refractivity contribution in [1.29, 1.82) is 0 Å². The van der Waals surface area contributed by atoms with Crippen molar-refractivity contribution in [3.8, 4) is 11.3 Å². The third kappa shape index (κ3) is 4.66. The van der Waals surface area contributed by atoms with Crippen molar-refractivity contribution < 1.29 is 8.42 Å². The summed E-state index contributed by atoms with van der Waals surface area (Å²) in [5.74, 6) is -0.159. The minimum absolute atomic E-state index is 0.159. The van der Waals surface area contributed by atoms with Crippen LogP contribution >= 0.6 is 11.6 Å². The molecule has 3 rings (SSSR count). The summed E-state index contributed by atoms with van der Waals surface area (Å²) >= 11 is 6.02. The summed E-state index contributed by atoms with van der Waals surface area (Å²) in [6.45, 7) is 0.174. The first-order valence-electron chi connectivity index (χ1n) is 7.58. The third-order valence-corrected chi connectivity index (χ3v) is 5.27. The van der Waals surface area contributed by atoms with Crippen LogP contribution < -0.4 is 4.72 Å². The Morgan fingerprint density at radius 1 is 1.16 bits per heavy atom. The van der Waals surface area contributed by atoms with E-state index in [0.29, 0.717) is 10.6 Å². The number of pyridine rings is 1. The van der Waals surface area contributed by atoms with Crippen LogP contribution in [0.5, 0.6) is 0 Å². The topological polar surface area (TPSA) is 76.9 Å². The molecule has 2 aromatic heterocycles. The van der Waals surface area contributed by atoms with Gasteiger partial charge in [0.1, 0.15) is 0 Å². The number of benzene rings is 1. The maximum absolute atomic E-state index is 12.2. The van der Waals surface area contributed by atoms with Gasteiger partial charge in [0.05, 0.1) is 17.6 Å². The number of halogens is 1. The standard InChI is InChI=1S/C17H17ClN4O2S/c1-22-11-15(10-20-22)17-7-6-13(8-19-17)9-21-25(23,24)12-14-4-2-3-5-16(14)18/h2-8,10-11,21H,9,12H2,1H3. The van der Waals surface area contributed by atoms with Crippen molar-refractivity contribution in [1.82, 2.24) is 19.5 Å². The molecule has 8 heteroatoms. The first-order valence-corrected chi connectivity index (χ1v) is 9.61. The minimum atomic E-state index is -3.49. The predicted octanol–water partition coefficient (Wildman–Crippen LogP) is 2.76. The van der Waals surface area contributed by atoms with Gasteiger partial charge in [-0.25, -0.2) is 13.1 Å². The number of sulfonamides is 1. The molecule has 0 aliphatic carbocycles. The second kappa shape index (κ2) is 7.35. The summed E-state index contributed by atoms with van der Waals surface area (Å²) < 4.78 is 28.7. The number of nitrogens with zero attached hydrogens (tertiary/aromatic N) is 3. The maximum Gasteiger partial charge on any atom is 0.216 e. The molecule has 1 aromatic carbocycles. The Bertz CT molecular complexity index is 968. The lowest BCUT2D eigenvalue weighted by atomic mass is 10.2. The van der Waals surface area contributed by atoms with Crippen LogP contribution in [-0.4, -0.2) is 23.2 Å². The summed E-state index contributed by atoms with van der Waals surface area (Å²) in [6.07, 6.45) is 5.25. The fraction of sp³-hybridized carbons (Fsp3) is 0.176. The molecule has 6 nitrogen and oxygen atoms in total. The highest BCUT2D eigenvalue weighted by Gasteiger charge is 2.13. The normalized spacial score (nSPS) is 11.6. The van der Waals surface area contributed by atoms with Crippen molar-refractivity contribution in [3.05, 3.63) is 71.1 Å². The maximum atomic E-state index is 12.2. The van der Waals surface area contributed by atoms with Gasteiger partial charge in [-0.15, -0.1) is 0 Å². The molecule has 0 spiro atoms. The lowest BCUT2D eigenvalue weighted by molar-refractivity contribution is 0.580. The van der Waals surface area contributed by atoms with Crippen molar-refractivity contribution in [2.45, 2.75) is 12.3 Å². The van der Waals surface area contributed by atoms with Gasteiger partial charge in [-0.05, 0) is 23.3 Å². The lowest BCUT2D eigenvalue weighted by Gasteiger charge is -2.08. The molecular formula is C17H17ClN4O2S. The average molecular weight is 377 g/mol. The monoisotopic (exact) mass is 376 g/mol. The molecule has 130 valence electrons. The van der Waals surface area contributed by atoms with Crippen molar-refractivity contribution in [2.75, 3.05) is 0 Å². The summed E-state index contributed by atoms with van der Waals surface area (Å²) in [6, 6.07) is 10.6. The van der Waals surface area contributed by atoms with Gasteiger partial charge in [0.2, 0.25) is 10.0 Å². The zero-order valence-corrected chi connectivity index (χ0v) is 15.1.